The molecule has 0 radical (unpaired) electrons. The van der Waals surface area contributed by atoms with E-state index < -0.39 is 0 Å². The molecule has 0 fully saturated rings. The molecular formula is C15H20BrN3. The van der Waals surface area contributed by atoms with Gasteiger partial charge in [-0.25, -0.2) is 4.98 Å². The van der Waals surface area contributed by atoms with E-state index in [0.717, 1.165) is 16.0 Å². The average molecular weight is 322 g/mol. The standard InChI is InChI=1S/C15H20BrN3/c1-9(2)13(7-17)15-18-8-14(19-15)12-6-11(16)5-4-10(12)3/h4-6,8-9,13H,7,17H2,1-3H3,(H,18,19). The predicted molar refractivity (Wildman–Crippen MR) is 83.1 cm³/mol. The fourth-order valence-electron chi connectivity index (χ4n) is 2.25. The molecule has 1 aromatic heterocycles. The molecule has 3 nitrogen and oxygen atoms in total. The zero-order chi connectivity index (χ0) is 14.0. The summed E-state index contributed by atoms with van der Waals surface area (Å²) in [5, 5.41) is 0. The lowest BCUT2D eigenvalue weighted by Gasteiger charge is -2.15. The summed E-state index contributed by atoms with van der Waals surface area (Å²) in [6.45, 7) is 7.06. The van der Waals surface area contributed by atoms with Gasteiger partial charge >= 0.3 is 0 Å². The SMILES string of the molecule is Cc1ccc(Br)cc1-c1cnc(C(CN)C(C)C)[nH]1. The zero-order valence-corrected chi connectivity index (χ0v) is 13.2. The molecule has 1 aromatic carbocycles. The molecule has 0 amide bonds. The van der Waals surface area contributed by atoms with E-state index in [1.165, 1.54) is 11.1 Å². The highest BCUT2D eigenvalue weighted by molar-refractivity contribution is 9.10. The first kappa shape index (κ1) is 14.3. The number of nitrogens with one attached hydrogen (secondary N) is 1. The minimum atomic E-state index is 0.279. The van der Waals surface area contributed by atoms with Gasteiger partial charge < -0.3 is 10.7 Å². The number of aromatic nitrogens is 2. The number of nitrogens with two attached hydrogens (primary N) is 1. The summed E-state index contributed by atoms with van der Waals surface area (Å²) in [5.41, 5.74) is 9.29. The van der Waals surface area contributed by atoms with E-state index in [1.807, 2.05) is 12.3 Å². The molecule has 3 N–H and O–H groups in total. The van der Waals surface area contributed by atoms with Crippen molar-refractivity contribution in [3.63, 3.8) is 0 Å². The molecule has 1 atom stereocenters. The van der Waals surface area contributed by atoms with Gasteiger partial charge in [0, 0.05) is 22.5 Å². The molecule has 0 saturated heterocycles. The van der Waals surface area contributed by atoms with Crippen molar-refractivity contribution < 1.29 is 0 Å². The molecule has 0 aliphatic heterocycles. The molecule has 2 aromatic rings. The number of nitrogens with zero attached hydrogens (tertiary/aromatic N) is 1. The Morgan fingerprint density at radius 2 is 2.11 bits per heavy atom. The molecule has 0 spiro atoms. The maximum Gasteiger partial charge on any atom is 0.111 e. The first-order valence-electron chi connectivity index (χ1n) is 6.54. The van der Waals surface area contributed by atoms with E-state index in [9.17, 15) is 0 Å². The predicted octanol–water partition coefficient (Wildman–Crippen LogP) is 3.85. The lowest BCUT2D eigenvalue weighted by atomic mass is 9.95. The highest BCUT2D eigenvalue weighted by Crippen LogP contribution is 2.28. The number of H-pyrrole nitrogens is 1. The topological polar surface area (TPSA) is 54.7 Å². The minimum Gasteiger partial charge on any atom is -0.342 e. The van der Waals surface area contributed by atoms with Crippen molar-refractivity contribution in [1.29, 1.82) is 0 Å². The van der Waals surface area contributed by atoms with Crippen LogP contribution in [0.25, 0.3) is 11.3 Å². The smallest absolute Gasteiger partial charge is 0.111 e. The molecule has 1 heterocycles. The Balaban J connectivity index is 2.38. The molecule has 19 heavy (non-hydrogen) atoms. The van der Waals surface area contributed by atoms with Crippen LogP contribution in [0.1, 0.15) is 31.2 Å². The van der Waals surface area contributed by atoms with Gasteiger partial charge in [-0.15, -0.1) is 0 Å². The Labute approximate surface area is 122 Å². The minimum absolute atomic E-state index is 0.279. The molecule has 0 bridgehead atoms. The van der Waals surface area contributed by atoms with Crippen LogP contribution in [0.2, 0.25) is 0 Å². The summed E-state index contributed by atoms with van der Waals surface area (Å²) < 4.78 is 1.07. The van der Waals surface area contributed by atoms with Crippen LogP contribution in [0.4, 0.5) is 0 Å². The van der Waals surface area contributed by atoms with Crippen LogP contribution in [-0.2, 0) is 0 Å². The second-order valence-corrected chi connectivity index (χ2v) is 6.14. The average Bonchev–Trinajstić information content (AvgIpc) is 2.82. The molecular weight excluding hydrogens is 302 g/mol. The normalized spacial score (nSPS) is 12.9. The largest absolute Gasteiger partial charge is 0.342 e. The summed E-state index contributed by atoms with van der Waals surface area (Å²) in [7, 11) is 0. The quantitative estimate of drug-likeness (QED) is 0.898. The van der Waals surface area contributed by atoms with E-state index in [-0.39, 0.29) is 5.92 Å². The highest BCUT2D eigenvalue weighted by atomic mass is 79.9. The third-order valence-electron chi connectivity index (χ3n) is 3.50. The van der Waals surface area contributed by atoms with Crippen LogP contribution in [0.5, 0.6) is 0 Å². The maximum atomic E-state index is 5.84. The van der Waals surface area contributed by atoms with Gasteiger partial charge in [-0.3, -0.25) is 0 Å². The molecule has 0 saturated carbocycles. The van der Waals surface area contributed by atoms with Gasteiger partial charge in [-0.2, -0.15) is 0 Å². The van der Waals surface area contributed by atoms with Gasteiger partial charge in [0.1, 0.15) is 5.82 Å². The molecule has 2 rings (SSSR count). The number of benzene rings is 1. The first-order chi connectivity index (χ1) is 9.02. The number of aryl methyl sites for hydroxylation is 1. The van der Waals surface area contributed by atoms with Crippen molar-refractivity contribution in [3.8, 4) is 11.3 Å². The molecule has 0 aliphatic rings. The van der Waals surface area contributed by atoms with Gasteiger partial charge in [-0.1, -0.05) is 35.8 Å². The Hall–Kier alpha value is -1.13. The Bertz CT molecular complexity index is 560. The first-order valence-corrected chi connectivity index (χ1v) is 7.33. The second-order valence-electron chi connectivity index (χ2n) is 5.23. The van der Waals surface area contributed by atoms with Crippen LogP contribution >= 0.6 is 15.9 Å². The summed E-state index contributed by atoms with van der Waals surface area (Å²) in [6.07, 6.45) is 1.90. The van der Waals surface area contributed by atoms with Crippen LogP contribution in [0, 0.1) is 12.8 Å². The Morgan fingerprint density at radius 1 is 1.37 bits per heavy atom. The van der Waals surface area contributed by atoms with Crippen molar-refractivity contribution in [2.75, 3.05) is 6.54 Å². The van der Waals surface area contributed by atoms with E-state index in [2.05, 4.69) is 58.8 Å². The van der Waals surface area contributed by atoms with Gasteiger partial charge in [0.25, 0.3) is 0 Å². The summed E-state index contributed by atoms with van der Waals surface area (Å²) in [6, 6.07) is 6.26. The molecule has 0 aliphatic carbocycles. The number of hydrogen-bond donors (Lipinski definition) is 2. The van der Waals surface area contributed by atoms with Crippen molar-refractivity contribution in [2.24, 2.45) is 11.7 Å². The van der Waals surface area contributed by atoms with Crippen molar-refractivity contribution in [1.82, 2.24) is 9.97 Å². The van der Waals surface area contributed by atoms with Crippen molar-refractivity contribution >= 4 is 15.9 Å². The van der Waals surface area contributed by atoms with E-state index in [0.29, 0.717) is 12.5 Å². The number of imidazole rings is 1. The van der Waals surface area contributed by atoms with Crippen molar-refractivity contribution in [2.45, 2.75) is 26.7 Å². The Kier molecular flexibility index (Phi) is 4.42. The molecule has 102 valence electrons. The molecule has 4 heteroatoms. The lowest BCUT2D eigenvalue weighted by molar-refractivity contribution is 0.487. The summed E-state index contributed by atoms with van der Waals surface area (Å²) in [4.78, 5) is 7.92. The fourth-order valence-corrected chi connectivity index (χ4v) is 2.61. The third kappa shape index (κ3) is 3.07. The number of hydrogen-bond acceptors (Lipinski definition) is 2. The second kappa shape index (κ2) is 5.88. The third-order valence-corrected chi connectivity index (χ3v) is 3.99. The van der Waals surface area contributed by atoms with E-state index in [4.69, 9.17) is 5.73 Å². The maximum absolute atomic E-state index is 5.84. The van der Waals surface area contributed by atoms with Crippen LogP contribution in [0.15, 0.2) is 28.9 Å². The van der Waals surface area contributed by atoms with Crippen LogP contribution < -0.4 is 5.73 Å². The highest BCUT2D eigenvalue weighted by Gasteiger charge is 2.18. The molecule has 1 unspecified atom stereocenters. The van der Waals surface area contributed by atoms with Crippen LogP contribution in [0.3, 0.4) is 0 Å². The fraction of sp³-hybridized carbons (Fsp3) is 0.400. The number of aromatic amines is 1. The van der Waals surface area contributed by atoms with E-state index >= 15 is 0 Å². The number of halogens is 1. The zero-order valence-electron chi connectivity index (χ0n) is 11.6. The monoisotopic (exact) mass is 321 g/mol. The van der Waals surface area contributed by atoms with Gasteiger partial charge in [0.2, 0.25) is 0 Å². The van der Waals surface area contributed by atoms with Gasteiger partial charge in [0.05, 0.1) is 11.9 Å². The summed E-state index contributed by atoms with van der Waals surface area (Å²) >= 11 is 3.51. The van der Waals surface area contributed by atoms with Crippen molar-refractivity contribution in [3.05, 3.63) is 40.3 Å². The van der Waals surface area contributed by atoms with Gasteiger partial charge in [-0.05, 0) is 30.5 Å². The summed E-state index contributed by atoms with van der Waals surface area (Å²) in [5.74, 6) is 1.74. The Morgan fingerprint density at radius 3 is 2.74 bits per heavy atom. The van der Waals surface area contributed by atoms with Gasteiger partial charge in [0.15, 0.2) is 0 Å². The lowest BCUT2D eigenvalue weighted by Crippen LogP contribution is -2.19. The van der Waals surface area contributed by atoms with Crippen LogP contribution in [-0.4, -0.2) is 16.5 Å². The number of rotatable bonds is 4. The van der Waals surface area contributed by atoms with E-state index in [1.54, 1.807) is 0 Å².